The molecule has 7 heteroatoms. The van der Waals surface area contributed by atoms with Crippen LogP contribution in [0.2, 0.25) is 0 Å². The second-order valence-corrected chi connectivity index (χ2v) is 6.17. The molecule has 0 spiro atoms. The van der Waals surface area contributed by atoms with Gasteiger partial charge in [-0.05, 0) is 35.9 Å². The fourth-order valence-corrected chi connectivity index (χ4v) is 3.08. The molecule has 6 nitrogen and oxygen atoms in total. The number of hydrogen-bond acceptors (Lipinski definition) is 5. The number of furan rings is 1. The number of amides is 1. The predicted molar refractivity (Wildman–Crippen MR) is 83.2 cm³/mol. The summed E-state index contributed by atoms with van der Waals surface area (Å²) in [6, 6.07) is 3.45. The van der Waals surface area contributed by atoms with Gasteiger partial charge in [0.15, 0.2) is 5.84 Å². The van der Waals surface area contributed by atoms with Gasteiger partial charge in [0.1, 0.15) is 10.8 Å². The van der Waals surface area contributed by atoms with Crippen molar-refractivity contribution in [2.75, 3.05) is 0 Å². The third kappa shape index (κ3) is 2.69. The molecule has 108 valence electrons. The summed E-state index contributed by atoms with van der Waals surface area (Å²) in [6.45, 7) is 4.20. The van der Waals surface area contributed by atoms with Crippen LogP contribution in [-0.2, 0) is 4.79 Å². The first-order chi connectivity index (χ1) is 10.0. The van der Waals surface area contributed by atoms with Gasteiger partial charge in [-0.3, -0.25) is 10.2 Å². The lowest BCUT2D eigenvalue weighted by atomic mass is 10.1. The number of hydrazone groups is 1. The Morgan fingerprint density at radius 2 is 2.33 bits per heavy atom. The Hall–Kier alpha value is -2.15. The second kappa shape index (κ2) is 5.33. The molecule has 0 aliphatic carbocycles. The highest BCUT2D eigenvalue weighted by atomic mass is 32.2. The van der Waals surface area contributed by atoms with Gasteiger partial charge in [-0.15, -0.1) is 0 Å². The number of hydrogen-bond donors (Lipinski definition) is 1. The van der Waals surface area contributed by atoms with E-state index in [1.165, 1.54) is 29.1 Å². The van der Waals surface area contributed by atoms with Gasteiger partial charge in [-0.1, -0.05) is 13.8 Å². The van der Waals surface area contributed by atoms with E-state index in [4.69, 9.17) is 9.83 Å². The minimum Gasteiger partial charge on any atom is -0.465 e. The van der Waals surface area contributed by atoms with E-state index in [9.17, 15) is 4.79 Å². The van der Waals surface area contributed by atoms with Crippen LogP contribution in [0.3, 0.4) is 0 Å². The molecule has 3 heterocycles. The molecule has 0 atom stereocenters. The Morgan fingerprint density at radius 1 is 1.52 bits per heavy atom. The molecule has 0 unspecified atom stereocenters. The first-order valence-electron chi connectivity index (χ1n) is 6.57. The SMILES string of the molecule is CC(C)CC1=NN2C(=N)/C(=C/c3ccco3)C(=O)N=C2S1. The molecule has 1 amide bonds. The summed E-state index contributed by atoms with van der Waals surface area (Å²) in [5.74, 6) is 0.574. The molecule has 1 aromatic heterocycles. The van der Waals surface area contributed by atoms with Gasteiger partial charge in [-0.2, -0.15) is 15.1 Å². The zero-order chi connectivity index (χ0) is 15.0. The van der Waals surface area contributed by atoms with Crippen molar-refractivity contribution in [3.63, 3.8) is 0 Å². The number of thioether (sulfide) groups is 1. The van der Waals surface area contributed by atoms with E-state index in [1.807, 2.05) is 0 Å². The number of rotatable bonds is 3. The fraction of sp³-hybridized carbons (Fsp3) is 0.286. The maximum atomic E-state index is 12.1. The molecule has 0 saturated heterocycles. The normalized spacial score (nSPS) is 20.1. The molecule has 2 aliphatic heterocycles. The van der Waals surface area contributed by atoms with Crippen molar-refractivity contribution in [2.24, 2.45) is 16.0 Å². The zero-order valence-corrected chi connectivity index (χ0v) is 12.5. The van der Waals surface area contributed by atoms with Gasteiger partial charge in [0.2, 0.25) is 5.17 Å². The molecule has 0 fully saturated rings. The molecular formula is C14H14N4O2S. The summed E-state index contributed by atoms with van der Waals surface area (Å²) < 4.78 is 5.18. The molecule has 1 N–H and O–H groups in total. The van der Waals surface area contributed by atoms with E-state index >= 15 is 0 Å². The van der Waals surface area contributed by atoms with Crippen LogP contribution in [0.1, 0.15) is 26.0 Å². The molecule has 0 radical (unpaired) electrons. The average molecular weight is 302 g/mol. The van der Waals surface area contributed by atoms with Crippen molar-refractivity contribution < 1.29 is 9.21 Å². The minimum atomic E-state index is -0.434. The lowest BCUT2D eigenvalue weighted by Crippen LogP contribution is -2.35. The van der Waals surface area contributed by atoms with E-state index in [0.717, 1.165) is 11.5 Å². The lowest BCUT2D eigenvalue weighted by Gasteiger charge is -2.19. The zero-order valence-electron chi connectivity index (χ0n) is 11.7. The van der Waals surface area contributed by atoms with Gasteiger partial charge in [-0.25, -0.2) is 0 Å². The third-order valence-corrected chi connectivity index (χ3v) is 3.84. The van der Waals surface area contributed by atoms with E-state index in [2.05, 4.69) is 23.9 Å². The van der Waals surface area contributed by atoms with Gasteiger partial charge < -0.3 is 4.42 Å². The molecule has 0 saturated carbocycles. The minimum absolute atomic E-state index is 0.0349. The highest BCUT2D eigenvalue weighted by Crippen LogP contribution is 2.30. The quantitative estimate of drug-likeness (QED) is 0.870. The van der Waals surface area contributed by atoms with Crippen LogP contribution in [0, 0.1) is 11.3 Å². The van der Waals surface area contributed by atoms with Crippen molar-refractivity contribution in [1.82, 2.24) is 5.01 Å². The topological polar surface area (TPSA) is 82.0 Å². The Kier molecular flexibility index (Phi) is 3.50. The Bertz CT molecular complexity index is 686. The van der Waals surface area contributed by atoms with Crippen LogP contribution in [0.15, 0.2) is 38.5 Å². The molecule has 2 aliphatic rings. The first kappa shape index (κ1) is 13.8. The molecule has 21 heavy (non-hydrogen) atoms. The van der Waals surface area contributed by atoms with Gasteiger partial charge >= 0.3 is 0 Å². The molecular weight excluding hydrogens is 288 g/mol. The van der Waals surface area contributed by atoms with Crippen molar-refractivity contribution in [3.8, 4) is 0 Å². The largest absolute Gasteiger partial charge is 0.465 e. The second-order valence-electron chi connectivity index (χ2n) is 5.13. The molecule has 0 bridgehead atoms. The number of aliphatic imine (C=N–C) groups is 1. The van der Waals surface area contributed by atoms with Crippen molar-refractivity contribution in [1.29, 1.82) is 5.41 Å². The van der Waals surface area contributed by atoms with Gasteiger partial charge in [0.25, 0.3) is 5.91 Å². The van der Waals surface area contributed by atoms with E-state index in [-0.39, 0.29) is 11.4 Å². The number of fused-ring (bicyclic) bond motifs is 1. The summed E-state index contributed by atoms with van der Waals surface area (Å²) in [4.78, 5) is 16.1. The van der Waals surface area contributed by atoms with Crippen LogP contribution in [0.25, 0.3) is 6.08 Å². The Morgan fingerprint density at radius 3 is 3.00 bits per heavy atom. The smallest absolute Gasteiger partial charge is 0.283 e. The third-order valence-electron chi connectivity index (χ3n) is 2.91. The lowest BCUT2D eigenvalue weighted by molar-refractivity contribution is -0.114. The summed E-state index contributed by atoms with van der Waals surface area (Å²) in [5.41, 5.74) is 0.184. The Labute approximate surface area is 126 Å². The Balaban J connectivity index is 1.91. The van der Waals surface area contributed by atoms with Crippen molar-refractivity contribution in [2.45, 2.75) is 20.3 Å². The van der Waals surface area contributed by atoms with Crippen LogP contribution in [-0.4, -0.2) is 27.0 Å². The van der Waals surface area contributed by atoms with Gasteiger partial charge in [0, 0.05) is 6.42 Å². The summed E-state index contributed by atoms with van der Waals surface area (Å²) in [6.07, 6.45) is 3.84. The number of amidine groups is 2. The van der Waals surface area contributed by atoms with Crippen LogP contribution in [0.4, 0.5) is 0 Å². The number of carbonyl (C=O) groups is 1. The van der Waals surface area contributed by atoms with E-state index in [1.54, 1.807) is 12.1 Å². The van der Waals surface area contributed by atoms with Crippen LogP contribution in [0.5, 0.6) is 0 Å². The van der Waals surface area contributed by atoms with E-state index in [0.29, 0.717) is 16.8 Å². The van der Waals surface area contributed by atoms with E-state index < -0.39 is 5.91 Å². The maximum Gasteiger partial charge on any atom is 0.283 e. The highest BCUT2D eigenvalue weighted by Gasteiger charge is 2.35. The highest BCUT2D eigenvalue weighted by molar-refractivity contribution is 8.26. The average Bonchev–Trinajstić information content (AvgIpc) is 3.03. The first-order valence-corrected chi connectivity index (χ1v) is 7.39. The monoisotopic (exact) mass is 302 g/mol. The number of nitrogens with one attached hydrogen (secondary N) is 1. The van der Waals surface area contributed by atoms with Crippen molar-refractivity contribution in [3.05, 3.63) is 29.7 Å². The van der Waals surface area contributed by atoms with Crippen LogP contribution >= 0.6 is 11.8 Å². The predicted octanol–water partition coefficient (Wildman–Crippen LogP) is 2.94. The summed E-state index contributed by atoms with van der Waals surface area (Å²) in [7, 11) is 0. The molecule has 3 rings (SSSR count). The summed E-state index contributed by atoms with van der Waals surface area (Å²) in [5, 5.41) is 15.3. The standard InChI is InChI=1S/C14H14N4O2S/c1-8(2)6-11-17-18-12(15)10(7-9-4-3-5-20-9)13(19)16-14(18)21-11/h3-5,7-8,15H,6H2,1-2H3/b10-7-,15-12?. The van der Waals surface area contributed by atoms with Gasteiger partial charge in [0.05, 0.1) is 11.8 Å². The summed E-state index contributed by atoms with van der Waals surface area (Å²) >= 11 is 1.35. The maximum absolute atomic E-state index is 12.1. The number of carbonyl (C=O) groups excluding carboxylic acids is 1. The molecule has 0 aromatic carbocycles. The number of nitrogens with zero attached hydrogens (tertiary/aromatic N) is 3. The fourth-order valence-electron chi connectivity index (χ4n) is 1.98. The van der Waals surface area contributed by atoms with Crippen LogP contribution < -0.4 is 0 Å². The molecule has 1 aromatic rings. The van der Waals surface area contributed by atoms with Crippen molar-refractivity contribution >= 4 is 39.8 Å².